The highest BCUT2D eigenvalue weighted by Crippen LogP contribution is 2.30. The van der Waals surface area contributed by atoms with Crippen molar-refractivity contribution >= 4 is 11.9 Å². The zero-order valence-electron chi connectivity index (χ0n) is 13.2. The number of ether oxygens (including phenoxy) is 2. The molecule has 0 aromatic rings. The molecule has 0 radical (unpaired) electrons. The molecule has 0 amide bonds. The van der Waals surface area contributed by atoms with Gasteiger partial charge in [-0.2, -0.15) is 0 Å². The second kappa shape index (κ2) is 6.91. The molecule has 1 aliphatic rings. The van der Waals surface area contributed by atoms with Gasteiger partial charge in [0.15, 0.2) is 0 Å². The average Bonchev–Trinajstić information content (AvgIpc) is 2.36. The molecule has 4 nitrogen and oxygen atoms in total. The highest BCUT2D eigenvalue weighted by molar-refractivity contribution is 5.76. The van der Waals surface area contributed by atoms with E-state index in [0.29, 0.717) is 13.0 Å². The Labute approximate surface area is 121 Å². The van der Waals surface area contributed by atoms with Crippen LogP contribution in [0.5, 0.6) is 0 Å². The first-order valence-corrected chi connectivity index (χ1v) is 7.33. The highest BCUT2D eigenvalue weighted by atomic mass is 16.6. The van der Waals surface area contributed by atoms with Crippen molar-refractivity contribution in [1.82, 2.24) is 0 Å². The normalized spacial score (nSPS) is 20.9. The molecule has 2 atom stereocenters. The van der Waals surface area contributed by atoms with Crippen LogP contribution in [0.15, 0.2) is 11.6 Å². The number of rotatable bonds is 4. The first kappa shape index (κ1) is 16.7. The number of carbonyl (C=O) groups is 2. The maximum Gasteiger partial charge on any atom is 0.312 e. The molecule has 0 heterocycles. The molecule has 0 aromatic heterocycles. The second-order valence-electron chi connectivity index (χ2n) is 6.26. The SMILES string of the molecule is CCOC(=O)C(C)C1=CCC(C(=O)OC(C)(C)C)CC1. The van der Waals surface area contributed by atoms with E-state index in [1.807, 2.05) is 33.8 Å². The van der Waals surface area contributed by atoms with Gasteiger partial charge in [0, 0.05) is 0 Å². The fourth-order valence-corrected chi connectivity index (χ4v) is 2.27. The topological polar surface area (TPSA) is 52.6 Å². The van der Waals surface area contributed by atoms with Crippen LogP contribution in [0, 0.1) is 11.8 Å². The maximum absolute atomic E-state index is 12.0. The van der Waals surface area contributed by atoms with Crippen molar-refractivity contribution < 1.29 is 19.1 Å². The van der Waals surface area contributed by atoms with Crippen LogP contribution in [-0.4, -0.2) is 24.1 Å². The average molecular weight is 282 g/mol. The van der Waals surface area contributed by atoms with E-state index in [-0.39, 0.29) is 23.8 Å². The summed E-state index contributed by atoms with van der Waals surface area (Å²) in [5, 5.41) is 0. The third-order valence-electron chi connectivity index (χ3n) is 3.38. The van der Waals surface area contributed by atoms with Crippen LogP contribution < -0.4 is 0 Å². The van der Waals surface area contributed by atoms with Gasteiger partial charge in [-0.3, -0.25) is 9.59 Å². The van der Waals surface area contributed by atoms with Crippen LogP contribution in [0.25, 0.3) is 0 Å². The monoisotopic (exact) mass is 282 g/mol. The van der Waals surface area contributed by atoms with Crippen LogP contribution in [0.4, 0.5) is 0 Å². The van der Waals surface area contributed by atoms with E-state index >= 15 is 0 Å². The van der Waals surface area contributed by atoms with Gasteiger partial charge in [0.2, 0.25) is 0 Å². The summed E-state index contributed by atoms with van der Waals surface area (Å²) in [4.78, 5) is 23.7. The summed E-state index contributed by atoms with van der Waals surface area (Å²) in [5.41, 5.74) is 0.627. The molecule has 1 aliphatic carbocycles. The van der Waals surface area contributed by atoms with Gasteiger partial charge < -0.3 is 9.47 Å². The molecule has 0 aromatic carbocycles. The van der Waals surface area contributed by atoms with Gasteiger partial charge in [-0.1, -0.05) is 11.6 Å². The molecule has 1 rings (SSSR count). The number of hydrogen-bond donors (Lipinski definition) is 0. The molecular formula is C16H26O4. The van der Waals surface area contributed by atoms with Crippen LogP contribution in [-0.2, 0) is 19.1 Å². The van der Waals surface area contributed by atoms with E-state index in [2.05, 4.69) is 0 Å². The van der Waals surface area contributed by atoms with Crippen molar-refractivity contribution in [2.45, 2.75) is 59.5 Å². The minimum absolute atomic E-state index is 0.0904. The molecule has 0 fully saturated rings. The summed E-state index contributed by atoms with van der Waals surface area (Å²) >= 11 is 0. The molecule has 0 bridgehead atoms. The molecule has 0 saturated heterocycles. The van der Waals surface area contributed by atoms with Gasteiger partial charge in [-0.25, -0.2) is 0 Å². The Morgan fingerprint density at radius 2 is 2.05 bits per heavy atom. The molecule has 2 unspecified atom stereocenters. The second-order valence-corrected chi connectivity index (χ2v) is 6.26. The fourth-order valence-electron chi connectivity index (χ4n) is 2.27. The quantitative estimate of drug-likeness (QED) is 0.586. The minimum Gasteiger partial charge on any atom is -0.466 e. The van der Waals surface area contributed by atoms with E-state index < -0.39 is 5.60 Å². The minimum atomic E-state index is -0.445. The number of hydrogen-bond acceptors (Lipinski definition) is 4. The van der Waals surface area contributed by atoms with E-state index in [0.717, 1.165) is 18.4 Å². The van der Waals surface area contributed by atoms with Crippen LogP contribution in [0.3, 0.4) is 0 Å². The van der Waals surface area contributed by atoms with E-state index in [9.17, 15) is 9.59 Å². The third-order valence-corrected chi connectivity index (χ3v) is 3.38. The van der Waals surface area contributed by atoms with Crippen molar-refractivity contribution in [2.75, 3.05) is 6.61 Å². The number of esters is 2. The lowest BCUT2D eigenvalue weighted by Gasteiger charge is -2.27. The Hall–Kier alpha value is -1.32. The Balaban J connectivity index is 2.56. The van der Waals surface area contributed by atoms with E-state index in [4.69, 9.17) is 9.47 Å². The molecule has 0 N–H and O–H groups in total. The Morgan fingerprint density at radius 1 is 1.40 bits per heavy atom. The number of allylic oxidation sites excluding steroid dienone is 1. The van der Waals surface area contributed by atoms with Crippen molar-refractivity contribution in [1.29, 1.82) is 0 Å². The zero-order valence-corrected chi connectivity index (χ0v) is 13.2. The predicted octanol–water partition coefficient (Wildman–Crippen LogP) is 3.25. The summed E-state index contributed by atoms with van der Waals surface area (Å²) in [6, 6.07) is 0. The van der Waals surface area contributed by atoms with Gasteiger partial charge in [-0.05, 0) is 53.9 Å². The van der Waals surface area contributed by atoms with Gasteiger partial charge in [0.1, 0.15) is 5.60 Å². The number of carbonyl (C=O) groups excluding carboxylic acids is 2. The summed E-state index contributed by atoms with van der Waals surface area (Å²) in [6.07, 6.45) is 4.14. The lowest BCUT2D eigenvalue weighted by molar-refractivity contribution is -0.160. The van der Waals surface area contributed by atoms with Crippen molar-refractivity contribution in [2.24, 2.45) is 11.8 Å². The van der Waals surface area contributed by atoms with Gasteiger partial charge in [0.25, 0.3) is 0 Å². The summed E-state index contributed by atoms with van der Waals surface area (Å²) in [6.45, 7) is 9.68. The predicted molar refractivity (Wildman–Crippen MR) is 77.1 cm³/mol. The van der Waals surface area contributed by atoms with E-state index in [1.54, 1.807) is 6.92 Å². The molecule has 20 heavy (non-hydrogen) atoms. The molecule has 0 saturated carbocycles. The summed E-state index contributed by atoms with van der Waals surface area (Å²) in [5.74, 6) is -0.632. The lowest BCUT2D eigenvalue weighted by Crippen LogP contribution is -2.30. The van der Waals surface area contributed by atoms with Crippen LogP contribution in [0.1, 0.15) is 53.9 Å². The lowest BCUT2D eigenvalue weighted by atomic mass is 9.84. The summed E-state index contributed by atoms with van der Waals surface area (Å²) < 4.78 is 10.4. The first-order chi connectivity index (χ1) is 9.24. The van der Waals surface area contributed by atoms with Crippen LogP contribution in [0.2, 0.25) is 0 Å². The molecule has 0 spiro atoms. The standard InChI is InChI=1S/C16H26O4/c1-6-19-14(17)11(2)12-7-9-13(10-8-12)15(18)20-16(3,4)5/h7,11,13H,6,8-10H2,1-5H3. The zero-order chi connectivity index (χ0) is 15.3. The third kappa shape index (κ3) is 4.99. The first-order valence-electron chi connectivity index (χ1n) is 7.33. The molecular weight excluding hydrogens is 256 g/mol. The van der Waals surface area contributed by atoms with Crippen LogP contribution >= 0.6 is 0 Å². The summed E-state index contributed by atoms with van der Waals surface area (Å²) in [7, 11) is 0. The van der Waals surface area contributed by atoms with Gasteiger partial charge in [0.05, 0.1) is 18.4 Å². The maximum atomic E-state index is 12.0. The van der Waals surface area contributed by atoms with Gasteiger partial charge >= 0.3 is 11.9 Å². The van der Waals surface area contributed by atoms with Crippen molar-refractivity contribution in [3.8, 4) is 0 Å². The fraction of sp³-hybridized carbons (Fsp3) is 0.750. The Kier molecular flexibility index (Phi) is 5.78. The van der Waals surface area contributed by atoms with Crippen molar-refractivity contribution in [3.63, 3.8) is 0 Å². The van der Waals surface area contributed by atoms with Crippen molar-refractivity contribution in [3.05, 3.63) is 11.6 Å². The molecule has 4 heteroatoms. The molecule has 114 valence electrons. The van der Waals surface area contributed by atoms with Gasteiger partial charge in [-0.15, -0.1) is 0 Å². The Morgan fingerprint density at radius 3 is 2.50 bits per heavy atom. The smallest absolute Gasteiger partial charge is 0.312 e. The Bertz CT molecular complexity index is 390. The van der Waals surface area contributed by atoms with E-state index in [1.165, 1.54) is 0 Å². The largest absolute Gasteiger partial charge is 0.466 e. The molecule has 0 aliphatic heterocycles. The highest BCUT2D eigenvalue weighted by Gasteiger charge is 2.29.